The molecule has 0 spiro atoms. The predicted molar refractivity (Wildman–Crippen MR) is 85.2 cm³/mol. The predicted octanol–water partition coefficient (Wildman–Crippen LogP) is 3.43. The molecule has 1 aliphatic heterocycles. The van der Waals surface area contributed by atoms with Crippen molar-refractivity contribution in [2.75, 3.05) is 13.1 Å². The Bertz CT molecular complexity index is 655. The van der Waals surface area contributed by atoms with Crippen molar-refractivity contribution in [3.63, 3.8) is 0 Å². The SMILES string of the molecule is Cc1noc([C@@H]2CCCN(C(=O)CCc3ccc(Cl)s3)C2)n1. The third-order valence-electron chi connectivity index (χ3n) is 3.88. The highest BCUT2D eigenvalue weighted by Gasteiger charge is 2.28. The Labute approximate surface area is 138 Å². The summed E-state index contributed by atoms with van der Waals surface area (Å²) in [5.41, 5.74) is 0. The van der Waals surface area contributed by atoms with Crippen molar-refractivity contribution >= 4 is 28.8 Å². The largest absolute Gasteiger partial charge is 0.342 e. The lowest BCUT2D eigenvalue weighted by molar-refractivity contribution is -0.132. The Morgan fingerprint density at radius 3 is 3.09 bits per heavy atom. The number of amides is 1. The smallest absolute Gasteiger partial charge is 0.231 e. The number of carbonyl (C=O) groups excluding carboxylic acids is 1. The van der Waals surface area contributed by atoms with Gasteiger partial charge in [-0.3, -0.25) is 4.79 Å². The molecule has 0 unspecified atom stereocenters. The highest BCUT2D eigenvalue weighted by molar-refractivity contribution is 7.16. The molecule has 0 aromatic carbocycles. The van der Waals surface area contributed by atoms with Gasteiger partial charge in [0.05, 0.1) is 10.3 Å². The van der Waals surface area contributed by atoms with Crippen LogP contribution < -0.4 is 0 Å². The van der Waals surface area contributed by atoms with Crippen molar-refractivity contribution in [2.24, 2.45) is 0 Å². The van der Waals surface area contributed by atoms with Crippen molar-refractivity contribution in [3.05, 3.63) is 33.1 Å². The van der Waals surface area contributed by atoms with Gasteiger partial charge in [-0.2, -0.15) is 4.98 Å². The maximum atomic E-state index is 12.4. The maximum absolute atomic E-state index is 12.4. The minimum atomic E-state index is 0.162. The van der Waals surface area contributed by atoms with Crippen molar-refractivity contribution < 1.29 is 9.32 Å². The highest BCUT2D eigenvalue weighted by atomic mass is 35.5. The van der Waals surface area contributed by atoms with Gasteiger partial charge in [-0.1, -0.05) is 16.8 Å². The first-order valence-electron chi connectivity index (χ1n) is 7.44. The van der Waals surface area contributed by atoms with Crippen LogP contribution in [0.15, 0.2) is 16.7 Å². The van der Waals surface area contributed by atoms with Crippen LogP contribution in [0.4, 0.5) is 0 Å². The Kier molecular flexibility index (Phi) is 4.78. The van der Waals surface area contributed by atoms with E-state index in [9.17, 15) is 4.79 Å². The van der Waals surface area contributed by atoms with E-state index >= 15 is 0 Å². The van der Waals surface area contributed by atoms with Gasteiger partial charge >= 0.3 is 0 Å². The number of aromatic nitrogens is 2. The lowest BCUT2D eigenvalue weighted by Crippen LogP contribution is -2.39. The van der Waals surface area contributed by atoms with Crippen LogP contribution in [0.1, 0.15) is 41.8 Å². The van der Waals surface area contributed by atoms with E-state index in [1.54, 1.807) is 0 Å². The third-order valence-corrected chi connectivity index (χ3v) is 5.17. The number of carbonyl (C=O) groups is 1. The summed E-state index contributed by atoms with van der Waals surface area (Å²) in [5, 5.41) is 3.84. The van der Waals surface area contributed by atoms with E-state index < -0.39 is 0 Å². The van der Waals surface area contributed by atoms with Gasteiger partial charge in [0.15, 0.2) is 5.82 Å². The van der Waals surface area contributed by atoms with E-state index in [1.807, 2.05) is 24.0 Å². The number of hydrogen-bond acceptors (Lipinski definition) is 5. The average Bonchev–Trinajstić information content (AvgIpc) is 3.13. The summed E-state index contributed by atoms with van der Waals surface area (Å²) in [6.45, 7) is 3.30. The quantitative estimate of drug-likeness (QED) is 0.856. The van der Waals surface area contributed by atoms with E-state index in [-0.39, 0.29) is 11.8 Å². The summed E-state index contributed by atoms with van der Waals surface area (Å²) in [5.74, 6) is 1.65. The Morgan fingerprint density at radius 1 is 1.55 bits per heavy atom. The van der Waals surface area contributed by atoms with Gasteiger partial charge < -0.3 is 9.42 Å². The zero-order chi connectivity index (χ0) is 15.5. The molecule has 3 rings (SSSR count). The number of piperidine rings is 1. The third kappa shape index (κ3) is 3.67. The number of likely N-dealkylation sites (tertiary alicyclic amines) is 1. The molecule has 118 valence electrons. The minimum Gasteiger partial charge on any atom is -0.342 e. The zero-order valence-corrected chi connectivity index (χ0v) is 14.0. The van der Waals surface area contributed by atoms with Crippen molar-refractivity contribution in [3.8, 4) is 0 Å². The second-order valence-corrected chi connectivity index (χ2v) is 7.36. The van der Waals surface area contributed by atoms with Gasteiger partial charge in [0, 0.05) is 24.4 Å². The van der Waals surface area contributed by atoms with Crippen molar-refractivity contribution in [1.82, 2.24) is 15.0 Å². The molecule has 5 nitrogen and oxygen atoms in total. The minimum absolute atomic E-state index is 0.162. The van der Waals surface area contributed by atoms with Crippen LogP contribution in [0, 0.1) is 6.92 Å². The fraction of sp³-hybridized carbons (Fsp3) is 0.533. The van der Waals surface area contributed by atoms with Gasteiger partial charge in [0.25, 0.3) is 0 Å². The molecular weight excluding hydrogens is 322 g/mol. The Balaban J connectivity index is 1.55. The van der Waals surface area contributed by atoms with Crippen LogP contribution >= 0.6 is 22.9 Å². The Morgan fingerprint density at radius 2 is 2.41 bits per heavy atom. The molecule has 22 heavy (non-hydrogen) atoms. The topological polar surface area (TPSA) is 59.2 Å². The first-order valence-corrected chi connectivity index (χ1v) is 8.63. The molecule has 0 radical (unpaired) electrons. The molecule has 1 amide bonds. The van der Waals surface area contributed by atoms with Gasteiger partial charge in [-0.25, -0.2) is 0 Å². The molecule has 0 N–H and O–H groups in total. The molecule has 1 fully saturated rings. The summed E-state index contributed by atoms with van der Waals surface area (Å²) < 4.78 is 6.02. The molecule has 0 saturated carbocycles. The highest BCUT2D eigenvalue weighted by Crippen LogP contribution is 2.27. The molecule has 1 atom stereocenters. The van der Waals surface area contributed by atoms with E-state index in [0.29, 0.717) is 24.7 Å². The number of nitrogens with zero attached hydrogens (tertiary/aromatic N) is 3. The molecule has 1 aliphatic rings. The second-order valence-electron chi connectivity index (χ2n) is 5.56. The number of rotatable bonds is 4. The number of halogens is 1. The van der Waals surface area contributed by atoms with Gasteiger partial charge in [-0.15, -0.1) is 11.3 Å². The van der Waals surface area contributed by atoms with Crippen LogP contribution in [0.5, 0.6) is 0 Å². The van der Waals surface area contributed by atoms with Gasteiger partial charge in [-0.05, 0) is 38.3 Å². The molecule has 0 bridgehead atoms. The first kappa shape index (κ1) is 15.5. The van der Waals surface area contributed by atoms with E-state index in [0.717, 1.165) is 35.0 Å². The lowest BCUT2D eigenvalue weighted by Gasteiger charge is -2.31. The van der Waals surface area contributed by atoms with Crippen molar-refractivity contribution in [2.45, 2.75) is 38.5 Å². The summed E-state index contributed by atoms with van der Waals surface area (Å²) in [7, 11) is 0. The average molecular weight is 340 g/mol. The Hall–Kier alpha value is -1.40. The number of hydrogen-bond donors (Lipinski definition) is 0. The molecule has 1 saturated heterocycles. The monoisotopic (exact) mass is 339 g/mol. The lowest BCUT2D eigenvalue weighted by atomic mass is 9.97. The van der Waals surface area contributed by atoms with Crippen molar-refractivity contribution in [1.29, 1.82) is 0 Å². The fourth-order valence-corrected chi connectivity index (χ4v) is 3.85. The van der Waals surface area contributed by atoms with Crippen LogP contribution in [0.2, 0.25) is 4.34 Å². The van der Waals surface area contributed by atoms with E-state index in [2.05, 4.69) is 10.1 Å². The molecule has 7 heteroatoms. The zero-order valence-electron chi connectivity index (χ0n) is 12.4. The molecule has 2 aromatic heterocycles. The maximum Gasteiger partial charge on any atom is 0.231 e. The molecule has 3 heterocycles. The molecule has 0 aliphatic carbocycles. The first-order chi connectivity index (χ1) is 10.6. The summed E-state index contributed by atoms with van der Waals surface area (Å²) >= 11 is 7.45. The van der Waals surface area contributed by atoms with Gasteiger partial charge in [0.1, 0.15) is 0 Å². The normalized spacial score (nSPS) is 18.6. The van der Waals surface area contributed by atoms with Crippen LogP contribution in [-0.2, 0) is 11.2 Å². The van der Waals surface area contributed by atoms with Crippen LogP contribution in [0.3, 0.4) is 0 Å². The van der Waals surface area contributed by atoms with E-state index in [4.69, 9.17) is 16.1 Å². The van der Waals surface area contributed by atoms with Crippen LogP contribution in [0.25, 0.3) is 0 Å². The van der Waals surface area contributed by atoms with Crippen LogP contribution in [-0.4, -0.2) is 34.0 Å². The number of aryl methyl sites for hydroxylation is 2. The summed E-state index contributed by atoms with van der Waals surface area (Å²) in [6.07, 6.45) is 3.23. The number of thiophene rings is 1. The molecular formula is C15H18ClN3O2S. The second kappa shape index (κ2) is 6.79. The fourth-order valence-electron chi connectivity index (χ4n) is 2.76. The molecule has 2 aromatic rings. The van der Waals surface area contributed by atoms with E-state index in [1.165, 1.54) is 11.3 Å². The summed E-state index contributed by atoms with van der Waals surface area (Å²) in [4.78, 5) is 19.8. The van der Waals surface area contributed by atoms with Gasteiger partial charge in [0.2, 0.25) is 11.8 Å². The standard InChI is InChI=1S/C15H18ClN3O2S/c1-10-17-15(21-18-10)11-3-2-8-19(9-11)14(20)7-5-12-4-6-13(16)22-12/h4,6,11H,2-3,5,7-9H2,1H3/t11-/m1/s1. The summed E-state index contributed by atoms with van der Waals surface area (Å²) in [6, 6.07) is 3.86.